The second-order valence-electron chi connectivity index (χ2n) is 13.5. The number of carboxylic acid groups (broad SMARTS) is 2. The number of hydrogen-bond acceptors (Lipinski definition) is 14. The van der Waals surface area contributed by atoms with Crippen molar-refractivity contribution < 1.29 is 58.6 Å². The van der Waals surface area contributed by atoms with Gasteiger partial charge in [0.1, 0.15) is 29.4 Å². The van der Waals surface area contributed by atoms with E-state index in [1.807, 2.05) is 0 Å². The van der Waals surface area contributed by atoms with Gasteiger partial charge in [-0.1, -0.05) is 22.8 Å². The molecule has 3 amide bonds. The molecule has 3 aliphatic rings. The molecule has 0 bridgehead atoms. The monoisotopic (exact) mass is 810 g/mol. The van der Waals surface area contributed by atoms with Crippen molar-refractivity contribution in [3.63, 3.8) is 0 Å². The van der Waals surface area contributed by atoms with E-state index in [0.717, 1.165) is 29.1 Å². The maximum Gasteiger partial charge on any atom is 0.352 e. The molecule has 1 aromatic carbocycles. The minimum atomic E-state index is -1.80. The number of nitrogens with two attached hydrogens (primary N) is 1. The lowest BCUT2D eigenvalue weighted by Crippen LogP contribution is -2.71. The maximum absolute atomic E-state index is 13.5. The Morgan fingerprint density at radius 2 is 1.93 bits per heavy atom. The number of carbonyl (C=O) groups excluding carboxylic acids is 3. The Labute approximate surface area is 322 Å². The topological polar surface area (TPSA) is 255 Å². The zero-order valence-electron chi connectivity index (χ0n) is 29.6. The Kier molecular flexibility index (Phi) is 12.3. The number of quaternary nitrogens is 1. The van der Waals surface area contributed by atoms with E-state index >= 15 is 0 Å². The number of benzene rings is 1. The number of carboxylic acids is 2. The fourth-order valence-corrected chi connectivity index (χ4v) is 8.57. The van der Waals surface area contributed by atoms with Crippen LogP contribution in [0.1, 0.15) is 44.4 Å². The molecule has 0 spiro atoms. The largest absolute Gasteiger partial charge is 0.503 e. The summed E-state index contributed by atoms with van der Waals surface area (Å²) >= 11 is 8.50. The number of thiazole rings is 1. The van der Waals surface area contributed by atoms with Crippen LogP contribution in [0.15, 0.2) is 33.9 Å². The first kappa shape index (κ1) is 40.6. The number of fused-ring (bicyclic) bond motifs is 1. The van der Waals surface area contributed by atoms with Crippen molar-refractivity contribution >= 4 is 75.2 Å². The molecule has 5 rings (SSSR count). The minimum Gasteiger partial charge on any atom is -0.503 e. The number of aromatic nitrogens is 1. The second-order valence-corrected chi connectivity index (χ2v) is 15.9. The van der Waals surface area contributed by atoms with Crippen LogP contribution in [-0.2, 0) is 35.2 Å². The number of hydroxylamine groups is 2. The molecule has 4 heterocycles. The van der Waals surface area contributed by atoms with Crippen molar-refractivity contribution in [3.05, 3.63) is 45.1 Å². The predicted octanol–water partition coefficient (Wildman–Crippen LogP) is 1.88. The average molecular weight is 811 g/mol. The number of aromatic hydroxyl groups is 1. The van der Waals surface area contributed by atoms with Gasteiger partial charge in [-0.2, -0.15) is 0 Å². The van der Waals surface area contributed by atoms with Crippen molar-refractivity contribution in [2.45, 2.75) is 56.5 Å². The Morgan fingerprint density at radius 3 is 2.54 bits per heavy atom. The maximum atomic E-state index is 13.5. The summed E-state index contributed by atoms with van der Waals surface area (Å²) in [5.41, 5.74) is 4.35. The van der Waals surface area contributed by atoms with Crippen LogP contribution in [0.4, 0.5) is 5.13 Å². The van der Waals surface area contributed by atoms with E-state index in [9.17, 15) is 44.5 Å². The number of likely N-dealkylation sites (tertiary alicyclic amines) is 1. The van der Waals surface area contributed by atoms with Gasteiger partial charge in [-0.05, 0) is 31.9 Å². The van der Waals surface area contributed by atoms with Gasteiger partial charge in [0, 0.05) is 36.0 Å². The van der Waals surface area contributed by atoms with Gasteiger partial charge < -0.3 is 40.4 Å². The van der Waals surface area contributed by atoms with Crippen LogP contribution in [0.2, 0.25) is 5.02 Å². The molecule has 7 N–H and O–H groups in total. The molecule has 2 fully saturated rings. The highest BCUT2D eigenvalue weighted by Crippen LogP contribution is 2.42. The van der Waals surface area contributed by atoms with Gasteiger partial charge in [0.05, 0.1) is 38.3 Å². The number of nitrogens with zero attached hydrogens (tertiary/aromatic N) is 5. The minimum absolute atomic E-state index is 0.00535. The highest BCUT2D eigenvalue weighted by atomic mass is 35.5. The van der Waals surface area contributed by atoms with E-state index in [1.165, 1.54) is 44.2 Å². The fraction of sp³-hybridized carbons (Fsp3) is 0.485. The van der Waals surface area contributed by atoms with Crippen molar-refractivity contribution in [2.75, 3.05) is 51.3 Å². The van der Waals surface area contributed by atoms with Crippen LogP contribution in [0.25, 0.3) is 0 Å². The number of methoxy groups -OCH3 is 1. The van der Waals surface area contributed by atoms with Crippen molar-refractivity contribution in [3.8, 4) is 11.5 Å². The molecular weight excluding hydrogens is 770 g/mol. The number of amides is 3. The van der Waals surface area contributed by atoms with E-state index < -0.39 is 52.4 Å². The Balaban J connectivity index is 1.25. The number of phenolic OH excluding ortho intramolecular Hbond substituents is 1. The van der Waals surface area contributed by atoms with Crippen LogP contribution in [0.3, 0.4) is 0 Å². The van der Waals surface area contributed by atoms with Crippen LogP contribution in [0, 0.1) is 0 Å². The van der Waals surface area contributed by atoms with E-state index in [-0.39, 0.29) is 64.7 Å². The van der Waals surface area contributed by atoms with E-state index in [1.54, 1.807) is 6.07 Å². The lowest BCUT2D eigenvalue weighted by molar-refractivity contribution is -0.912. The molecule has 21 heteroatoms. The van der Waals surface area contributed by atoms with Crippen LogP contribution in [0.5, 0.6) is 11.5 Å². The predicted molar refractivity (Wildman–Crippen MR) is 196 cm³/mol. The summed E-state index contributed by atoms with van der Waals surface area (Å²) in [6.07, 6.45) is 1.78. The molecule has 54 heavy (non-hydrogen) atoms. The molecule has 18 nitrogen and oxygen atoms in total. The number of aryl methyl sites for hydroxylation is 1. The number of rotatable bonds is 16. The van der Waals surface area contributed by atoms with Crippen LogP contribution >= 0.6 is 34.7 Å². The molecule has 2 saturated heterocycles. The number of halogens is 1. The first-order chi connectivity index (χ1) is 25.5. The Bertz CT molecular complexity index is 1900. The molecule has 292 valence electrons. The van der Waals surface area contributed by atoms with E-state index in [4.69, 9.17) is 26.9 Å². The molecule has 0 unspecified atom stereocenters. The summed E-state index contributed by atoms with van der Waals surface area (Å²) in [6, 6.07) is 2.03. The molecular formula is C33H41ClN7O11S2+. The average Bonchev–Trinajstić information content (AvgIpc) is 3.78. The number of thioether (sulfide) groups is 1. The zero-order valence-corrected chi connectivity index (χ0v) is 32.0. The van der Waals surface area contributed by atoms with Gasteiger partial charge >= 0.3 is 11.9 Å². The van der Waals surface area contributed by atoms with E-state index in [2.05, 4.69) is 15.5 Å². The highest BCUT2D eigenvalue weighted by molar-refractivity contribution is 8.00. The summed E-state index contributed by atoms with van der Waals surface area (Å²) in [6.45, 7) is 4.38. The molecule has 2 atom stereocenters. The standard InChI is InChI=1S/C33H40ClN7O11S2/c1-33(2,31(48)49)52-38-23(19-16-54-32(35)36-19)27(44)37-24-28(45)40-25(30(46)47)18(15-53-29(24)40)14-41(11-4-5-12-41)13-10-39(50)21(42)9-7-17-6-8-20(51-3)26(43)22(17)34/h6,8,16,24,29,50H,4-5,7,9-15H2,1-3H3,(H5-,35,36,37,43,44,46,47,48,49)/p+1/b38-23-/t24-,29-/m1/s1. The molecule has 2 aromatic rings. The second kappa shape index (κ2) is 16.4. The van der Waals surface area contributed by atoms with Gasteiger partial charge in [0.15, 0.2) is 22.3 Å². The number of carbonyl (C=O) groups is 5. The fourth-order valence-electron chi connectivity index (χ4n) is 6.43. The van der Waals surface area contributed by atoms with Crippen LogP contribution in [-0.4, -0.2) is 138 Å². The lowest BCUT2D eigenvalue weighted by atomic mass is 10.0. The number of hydrogen-bond donors (Lipinski definition) is 6. The van der Waals surface area contributed by atoms with Crippen LogP contribution < -0.4 is 15.8 Å². The number of phenols is 1. The third-order valence-corrected chi connectivity index (χ3v) is 11.9. The van der Waals surface area contributed by atoms with Gasteiger partial charge in [-0.25, -0.2) is 19.6 Å². The summed E-state index contributed by atoms with van der Waals surface area (Å²) in [4.78, 5) is 74.3. The van der Waals surface area contributed by atoms with Gasteiger partial charge in [-0.15, -0.1) is 23.1 Å². The van der Waals surface area contributed by atoms with Gasteiger partial charge in [0.25, 0.3) is 11.8 Å². The van der Waals surface area contributed by atoms with Crippen molar-refractivity contribution in [1.82, 2.24) is 20.3 Å². The summed E-state index contributed by atoms with van der Waals surface area (Å²) in [5, 5.41) is 48.4. The first-order valence-electron chi connectivity index (χ1n) is 16.8. The smallest absolute Gasteiger partial charge is 0.352 e. The summed E-state index contributed by atoms with van der Waals surface area (Å²) in [7, 11) is 1.39. The first-order valence-corrected chi connectivity index (χ1v) is 19.1. The van der Waals surface area contributed by atoms with Gasteiger partial charge in [-0.3, -0.25) is 24.5 Å². The summed E-state index contributed by atoms with van der Waals surface area (Å²) < 4.78 is 5.44. The third-order valence-electron chi connectivity index (χ3n) is 9.50. The summed E-state index contributed by atoms with van der Waals surface area (Å²) in [5.74, 6) is -4.57. The van der Waals surface area contributed by atoms with Crippen molar-refractivity contribution in [2.24, 2.45) is 5.16 Å². The molecule has 3 aliphatic heterocycles. The number of aliphatic carboxylic acids is 2. The number of nitrogen functional groups attached to an aromatic ring is 1. The molecule has 0 saturated carbocycles. The number of nitrogens with one attached hydrogen (secondary N) is 1. The highest BCUT2D eigenvalue weighted by Gasteiger charge is 2.55. The zero-order chi connectivity index (χ0) is 39.5. The van der Waals surface area contributed by atoms with E-state index in [0.29, 0.717) is 40.3 Å². The normalized spacial score (nSPS) is 19.5. The molecule has 0 aliphatic carbocycles. The molecule has 0 radical (unpaired) electrons. The Hall–Kier alpha value is -4.63. The molecule has 1 aromatic heterocycles. The third kappa shape index (κ3) is 8.51. The SMILES string of the molecule is COc1ccc(CCC(=O)N(O)CC[N+]2(CC3=C(C(=O)O)N4C(=O)[C@@H](NC(=O)/C(=N\OC(C)(C)C(=O)O)c5csc(N)n5)[C@H]4SC3)CCCC2)c(Cl)c1O. The van der Waals surface area contributed by atoms with Gasteiger partial charge in [0.2, 0.25) is 11.5 Å². The number of ether oxygens (including phenoxy) is 1. The number of β-lactam (4-membered cyclic amide) rings is 1. The van der Waals surface area contributed by atoms with Crippen molar-refractivity contribution in [1.29, 1.82) is 0 Å². The number of oxime groups is 1. The number of anilines is 1. The lowest BCUT2D eigenvalue weighted by Gasteiger charge is -2.50. The quantitative estimate of drug-likeness (QED) is 0.0466. The Morgan fingerprint density at radius 1 is 1.22 bits per heavy atom.